The van der Waals surface area contributed by atoms with Crippen molar-refractivity contribution < 1.29 is 28.2 Å². The number of halogens is 2. The number of alkyl halides is 2. The quantitative estimate of drug-likeness (QED) is 0.866. The number of aliphatic carboxylic acids is 1. The Bertz CT molecular complexity index is 570. The van der Waals surface area contributed by atoms with Crippen molar-refractivity contribution in [2.24, 2.45) is 11.3 Å². The fourth-order valence-electron chi connectivity index (χ4n) is 2.81. The van der Waals surface area contributed by atoms with Crippen LogP contribution in [-0.2, 0) is 11.2 Å². The van der Waals surface area contributed by atoms with Crippen LogP contribution >= 0.6 is 0 Å². The summed E-state index contributed by atoms with van der Waals surface area (Å²) in [7, 11) is 1.41. The zero-order chi connectivity index (χ0) is 15.1. The largest absolute Gasteiger partial charge is 0.496 e. The fraction of sp³-hybridized carbons (Fsp3) is 0.429. The van der Waals surface area contributed by atoms with Gasteiger partial charge in [0.2, 0.25) is 0 Å². The van der Waals surface area contributed by atoms with Crippen LogP contribution in [0.3, 0.4) is 0 Å². The van der Waals surface area contributed by atoms with Crippen molar-refractivity contribution in [2.45, 2.75) is 19.8 Å². The Hall–Kier alpha value is -1.98. The number of rotatable bonds is 3. The number of Topliss-reactive ketones (excluding diaryl/α,β-unsaturated/α-hetero) is 1. The Kier molecular flexibility index (Phi) is 3.50. The molecule has 1 aromatic carbocycles. The summed E-state index contributed by atoms with van der Waals surface area (Å²) in [6.07, 6.45) is -3.20. The Labute approximate surface area is 114 Å². The Balaban J connectivity index is 2.68. The number of ether oxygens (including phenoxy) is 1. The van der Waals surface area contributed by atoms with Gasteiger partial charge in [0.25, 0.3) is 6.43 Å². The highest BCUT2D eigenvalue weighted by Crippen LogP contribution is 2.46. The lowest BCUT2D eigenvalue weighted by Gasteiger charge is -2.37. The molecule has 2 atom stereocenters. The molecule has 1 aliphatic rings. The highest BCUT2D eigenvalue weighted by molar-refractivity contribution is 6.14. The van der Waals surface area contributed by atoms with E-state index in [9.17, 15) is 23.5 Å². The van der Waals surface area contributed by atoms with E-state index in [4.69, 9.17) is 4.74 Å². The van der Waals surface area contributed by atoms with E-state index in [2.05, 4.69) is 0 Å². The molecule has 108 valence electrons. The number of carbonyl (C=O) groups excluding carboxylic acids is 1. The third-order valence-corrected chi connectivity index (χ3v) is 3.96. The van der Waals surface area contributed by atoms with E-state index >= 15 is 0 Å². The van der Waals surface area contributed by atoms with Crippen molar-refractivity contribution in [3.05, 3.63) is 29.3 Å². The molecular formula is C14H14F2O4. The van der Waals surface area contributed by atoms with Crippen LogP contribution in [0.5, 0.6) is 5.75 Å². The van der Waals surface area contributed by atoms with E-state index in [-0.39, 0.29) is 12.0 Å². The predicted molar refractivity (Wildman–Crippen MR) is 66.3 cm³/mol. The molecule has 2 rings (SSSR count). The van der Waals surface area contributed by atoms with Crippen LogP contribution in [-0.4, -0.2) is 30.4 Å². The third-order valence-electron chi connectivity index (χ3n) is 3.96. The molecule has 0 spiro atoms. The van der Waals surface area contributed by atoms with Crippen molar-refractivity contribution in [2.75, 3.05) is 7.11 Å². The van der Waals surface area contributed by atoms with Crippen LogP contribution in [0.1, 0.15) is 22.8 Å². The second-order valence-corrected chi connectivity index (χ2v) is 4.90. The van der Waals surface area contributed by atoms with E-state index in [1.54, 1.807) is 6.07 Å². The van der Waals surface area contributed by atoms with Crippen molar-refractivity contribution in [1.82, 2.24) is 0 Å². The number of ketones is 1. The molecule has 2 unspecified atom stereocenters. The number of hydrogen-bond donors (Lipinski definition) is 1. The molecule has 6 heteroatoms. The van der Waals surface area contributed by atoms with Crippen LogP contribution in [0.15, 0.2) is 18.2 Å². The van der Waals surface area contributed by atoms with Gasteiger partial charge in [-0.2, -0.15) is 0 Å². The summed E-state index contributed by atoms with van der Waals surface area (Å²) in [5.74, 6) is -3.43. The van der Waals surface area contributed by atoms with Gasteiger partial charge in [0.05, 0.1) is 7.11 Å². The van der Waals surface area contributed by atoms with Gasteiger partial charge in [0.15, 0.2) is 11.2 Å². The van der Waals surface area contributed by atoms with Crippen LogP contribution in [0.25, 0.3) is 0 Å². The zero-order valence-corrected chi connectivity index (χ0v) is 11.0. The van der Waals surface area contributed by atoms with Crippen LogP contribution in [0.2, 0.25) is 0 Å². The molecule has 1 N–H and O–H groups in total. The van der Waals surface area contributed by atoms with Gasteiger partial charge in [-0.3, -0.25) is 9.59 Å². The van der Waals surface area contributed by atoms with E-state index < -0.39 is 29.5 Å². The first-order valence-electron chi connectivity index (χ1n) is 6.09. The molecule has 0 radical (unpaired) electrons. The number of carbonyl (C=O) groups is 2. The van der Waals surface area contributed by atoms with Gasteiger partial charge in [-0.15, -0.1) is 0 Å². The summed E-state index contributed by atoms with van der Waals surface area (Å²) in [4.78, 5) is 23.8. The highest BCUT2D eigenvalue weighted by atomic mass is 19.3. The molecular weight excluding hydrogens is 270 g/mol. The topological polar surface area (TPSA) is 63.6 Å². The monoisotopic (exact) mass is 284 g/mol. The average molecular weight is 284 g/mol. The molecule has 4 nitrogen and oxygen atoms in total. The minimum Gasteiger partial charge on any atom is -0.496 e. The first-order valence-corrected chi connectivity index (χ1v) is 6.09. The second kappa shape index (κ2) is 4.85. The summed E-state index contributed by atoms with van der Waals surface area (Å²) in [6.45, 7) is 1.35. The Morgan fingerprint density at radius 3 is 2.65 bits per heavy atom. The van der Waals surface area contributed by atoms with Gasteiger partial charge >= 0.3 is 5.97 Å². The maximum absolute atomic E-state index is 13.4. The molecule has 0 amide bonds. The van der Waals surface area contributed by atoms with Crippen LogP contribution in [0, 0.1) is 11.3 Å². The minimum absolute atomic E-state index is 0.00477. The van der Waals surface area contributed by atoms with Gasteiger partial charge in [-0.1, -0.05) is 19.1 Å². The van der Waals surface area contributed by atoms with Gasteiger partial charge in [-0.05, 0) is 18.4 Å². The van der Waals surface area contributed by atoms with Crippen LogP contribution in [0.4, 0.5) is 8.78 Å². The molecule has 0 bridgehead atoms. The third kappa shape index (κ3) is 1.71. The number of fused-ring (bicyclic) bond motifs is 1. The van der Waals surface area contributed by atoms with Gasteiger partial charge in [0, 0.05) is 11.1 Å². The van der Waals surface area contributed by atoms with Gasteiger partial charge in [-0.25, -0.2) is 8.78 Å². The van der Waals surface area contributed by atoms with Crippen molar-refractivity contribution in [3.63, 3.8) is 0 Å². The van der Waals surface area contributed by atoms with E-state index in [1.165, 1.54) is 26.2 Å². The van der Waals surface area contributed by atoms with E-state index in [0.29, 0.717) is 11.3 Å². The lowest BCUT2D eigenvalue weighted by Crippen LogP contribution is -2.53. The normalized spacial score (nSPS) is 25.4. The zero-order valence-electron chi connectivity index (χ0n) is 11.0. The molecule has 0 saturated carbocycles. The standard InChI is InChI=1S/C14H14F2O4/c1-7-6-9-8(4-3-5-10(9)20-2)11(17)14(7,12(15)16)13(18)19/h3-5,7,12H,6H2,1-2H3,(H,18,19). The molecule has 1 aliphatic carbocycles. The molecule has 0 fully saturated rings. The predicted octanol–water partition coefficient (Wildman–Crippen LogP) is 2.41. The highest BCUT2D eigenvalue weighted by Gasteiger charge is 2.60. The SMILES string of the molecule is COc1cccc2c1CC(C)C(C(=O)O)(C(F)F)C2=O. The van der Waals surface area contributed by atoms with E-state index in [0.717, 1.165) is 0 Å². The number of benzene rings is 1. The Morgan fingerprint density at radius 1 is 1.50 bits per heavy atom. The maximum Gasteiger partial charge on any atom is 0.323 e. The van der Waals surface area contributed by atoms with Gasteiger partial charge < -0.3 is 9.84 Å². The fourth-order valence-corrected chi connectivity index (χ4v) is 2.81. The molecule has 0 saturated heterocycles. The van der Waals surface area contributed by atoms with E-state index in [1.807, 2.05) is 0 Å². The lowest BCUT2D eigenvalue weighted by molar-refractivity contribution is -0.159. The summed E-state index contributed by atoms with van der Waals surface area (Å²) in [6, 6.07) is 4.48. The molecule has 20 heavy (non-hydrogen) atoms. The maximum atomic E-state index is 13.4. The average Bonchev–Trinajstić information content (AvgIpc) is 2.37. The lowest BCUT2D eigenvalue weighted by atomic mass is 9.64. The summed E-state index contributed by atoms with van der Waals surface area (Å²) in [5.41, 5.74) is -2.19. The van der Waals surface area contributed by atoms with Gasteiger partial charge in [0.1, 0.15) is 5.75 Å². The molecule has 1 aromatic rings. The molecule has 0 aliphatic heterocycles. The number of carboxylic acid groups (broad SMARTS) is 1. The van der Waals surface area contributed by atoms with Crippen molar-refractivity contribution in [1.29, 1.82) is 0 Å². The second-order valence-electron chi connectivity index (χ2n) is 4.90. The van der Waals surface area contributed by atoms with Crippen molar-refractivity contribution >= 4 is 11.8 Å². The number of methoxy groups -OCH3 is 1. The Morgan fingerprint density at radius 2 is 2.15 bits per heavy atom. The summed E-state index contributed by atoms with van der Waals surface area (Å²) < 4.78 is 31.9. The number of carboxylic acids is 1. The molecule has 0 aromatic heterocycles. The minimum atomic E-state index is -3.26. The van der Waals surface area contributed by atoms with Crippen LogP contribution < -0.4 is 4.74 Å². The summed E-state index contributed by atoms with van der Waals surface area (Å²) in [5, 5.41) is 9.22. The first-order chi connectivity index (χ1) is 9.37. The first kappa shape index (κ1) is 14.4. The smallest absolute Gasteiger partial charge is 0.323 e. The number of hydrogen-bond acceptors (Lipinski definition) is 3. The summed E-state index contributed by atoms with van der Waals surface area (Å²) >= 11 is 0. The van der Waals surface area contributed by atoms with Crippen molar-refractivity contribution in [3.8, 4) is 5.75 Å². The molecule has 0 heterocycles.